The first kappa shape index (κ1) is 22.2. The maximum Gasteiger partial charge on any atom is 0.328 e. The van der Waals surface area contributed by atoms with Gasteiger partial charge in [-0.15, -0.1) is 0 Å². The Morgan fingerprint density at radius 3 is 2.19 bits per heavy atom. The molecule has 3 fully saturated rings. The molecule has 9 nitrogen and oxygen atoms in total. The van der Waals surface area contributed by atoms with E-state index in [2.05, 4.69) is 14.9 Å². The predicted molar refractivity (Wildman–Crippen MR) is 115 cm³/mol. The number of ether oxygens (including phenoxy) is 1. The Bertz CT molecular complexity index is 937. The fraction of sp³-hybridized carbons (Fsp3) is 0.364. The lowest BCUT2D eigenvalue weighted by molar-refractivity contribution is -0.134. The van der Waals surface area contributed by atoms with Crippen molar-refractivity contribution < 1.29 is 24.5 Å². The number of rotatable bonds is 5. The van der Waals surface area contributed by atoms with E-state index in [1.165, 1.54) is 25.9 Å². The minimum absolute atomic E-state index is 0.235. The van der Waals surface area contributed by atoms with Gasteiger partial charge in [0, 0.05) is 42.3 Å². The summed E-state index contributed by atoms with van der Waals surface area (Å²) in [6, 6.07) is 6.50. The molecule has 0 amide bonds. The van der Waals surface area contributed by atoms with Crippen LogP contribution in [0.25, 0.3) is 11.1 Å². The van der Waals surface area contributed by atoms with Crippen LogP contribution in [0, 0.1) is 12.8 Å². The molecule has 5 rings (SSSR count). The summed E-state index contributed by atoms with van der Waals surface area (Å²) in [5.74, 6) is -1.86. The largest absolute Gasteiger partial charge is 0.478 e. The lowest BCUT2D eigenvalue weighted by Crippen LogP contribution is -2.52. The van der Waals surface area contributed by atoms with Gasteiger partial charge in [0.1, 0.15) is 6.10 Å². The van der Waals surface area contributed by atoms with E-state index in [1.807, 2.05) is 37.5 Å². The number of aromatic nitrogens is 2. The summed E-state index contributed by atoms with van der Waals surface area (Å²) in [5, 5.41) is 15.6. The molecule has 1 aromatic heterocycles. The van der Waals surface area contributed by atoms with Crippen LogP contribution in [0.3, 0.4) is 0 Å². The zero-order valence-corrected chi connectivity index (χ0v) is 17.3. The number of nitrogens with zero attached hydrogens (tertiary/aromatic N) is 3. The smallest absolute Gasteiger partial charge is 0.328 e. The van der Waals surface area contributed by atoms with E-state index in [-0.39, 0.29) is 6.10 Å². The zero-order chi connectivity index (χ0) is 22.4. The molecule has 3 saturated heterocycles. The van der Waals surface area contributed by atoms with Gasteiger partial charge in [-0.25, -0.2) is 19.6 Å². The molecule has 2 bridgehead atoms. The number of carboxylic acids is 2. The molecule has 0 spiro atoms. The number of carboxylic acid groups (broad SMARTS) is 2. The van der Waals surface area contributed by atoms with Crippen molar-refractivity contribution in [2.75, 3.05) is 25.4 Å². The summed E-state index contributed by atoms with van der Waals surface area (Å²) in [6.07, 6.45) is 7.43. The molecule has 0 aliphatic carbocycles. The maximum absolute atomic E-state index is 9.55. The molecule has 9 heteroatoms. The number of hydrogen-bond donors (Lipinski definition) is 3. The fourth-order valence-electron chi connectivity index (χ4n) is 3.67. The highest BCUT2D eigenvalue weighted by Gasteiger charge is 2.35. The minimum Gasteiger partial charge on any atom is -0.478 e. The van der Waals surface area contributed by atoms with Gasteiger partial charge < -0.3 is 20.7 Å². The summed E-state index contributed by atoms with van der Waals surface area (Å²) < 4.78 is 6.03. The van der Waals surface area contributed by atoms with Gasteiger partial charge in [0.25, 0.3) is 0 Å². The zero-order valence-electron chi connectivity index (χ0n) is 17.3. The molecule has 4 N–H and O–H groups in total. The van der Waals surface area contributed by atoms with Crippen molar-refractivity contribution in [3.8, 4) is 17.1 Å². The molecule has 1 aromatic carbocycles. The van der Waals surface area contributed by atoms with Crippen molar-refractivity contribution in [3.63, 3.8) is 0 Å². The number of carbonyl (C=O) groups is 2. The normalized spacial score (nSPS) is 21.9. The number of aliphatic carboxylic acids is 2. The molecule has 31 heavy (non-hydrogen) atoms. The minimum atomic E-state index is -1.26. The molecule has 3 aliphatic heterocycles. The van der Waals surface area contributed by atoms with Crippen molar-refractivity contribution in [1.29, 1.82) is 0 Å². The molecule has 3 aliphatic rings. The second-order valence-electron chi connectivity index (χ2n) is 7.63. The van der Waals surface area contributed by atoms with E-state index in [0.29, 0.717) is 24.1 Å². The van der Waals surface area contributed by atoms with E-state index < -0.39 is 11.9 Å². The van der Waals surface area contributed by atoms with Crippen LogP contribution in [0.15, 0.2) is 42.7 Å². The Kier molecular flexibility index (Phi) is 7.19. The van der Waals surface area contributed by atoms with Gasteiger partial charge in [-0.3, -0.25) is 4.90 Å². The van der Waals surface area contributed by atoms with Crippen LogP contribution in [-0.2, 0) is 9.59 Å². The monoisotopic (exact) mass is 426 g/mol. The molecule has 164 valence electrons. The van der Waals surface area contributed by atoms with Gasteiger partial charge in [-0.05, 0) is 56.0 Å². The number of benzene rings is 1. The highest BCUT2D eigenvalue weighted by molar-refractivity contribution is 5.89. The number of nitrogens with two attached hydrogens (primary N) is 1. The van der Waals surface area contributed by atoms with E-state index in [0.717, 1.165) is 28.9 Å². The van der Waals surface area contributed by atoms with Crippen molar-refractivity contribution in [2.45, 2.75) is 25.9 Å². The number of hydrogen-bond acceptors (Lipinski definition) is 7. The molecule has 2 aromatic rings. The Morgan fingerprint density at radius 2 is 1.71 bits per heavy atom. The molecule has 0 saturated carbocycles. The van der Waals surface area contributed by atoms with Gasteiger partial charge >= 0.3 is 17.9 Å². The summed E-state index contributed by atoms with van der Waals surface area (Å²) in [5.41, 5.74) is 9.83. The van der Waals surface area contributed by atoms with Crippen LogP contribution in [0.2, 0.25) is 0 Å². The first-order chi connectivity index (χ1) is 14.8. The lowest BCUT2D eigenvalue weighted by Gasteiger charge is -2.43. The summed E-state index contributed by atoms with van der Waals surface area (Å²) >= 11 is 0. The number of anilines is 1. The van der Waals surface area contributed by atoms with Gasteiger partial charge in [0.2, 0.25) is 0 Å². The van der Waals surface area contributed by atoms with Crippen LogP contribution in [0.4, 0.5) is 5.69 Å². The van der Waals surface area contributed by atoms with Gasteiger partial charge in [-0.2, -0.15) is 0 Å². The van der Waals surface area contributed by atoms with E-state index in [4.69, 9.17) is 20.7 Å². The molecular formula is C22H26N4O5. The number of fused-ring (bicyclic) bond motifs is 3. The predicted octanol–water partition coefficient (Wildman–Crippen LogP) is 2.22. The first-order valence-corrected chi connectivity index (χ1v) is 10.0. The van der Waals surface area contributed by atoms with Crippen molar-refractivity contribution in [3.05, 3.63) is 48.3 Å². The quantitative estimate of drug-likeness (QED) is 0.485. The van der Waals surface area contributed by atoms with Crippen LogP contribution in [0.5, 0.6) is 6.01 Å². The molecule has 1 unspecified atom stereocenters. The van der Waals surface area contributed by atoms with E-state index in [9.17, 15) is 9.59 Å². The highest BCUT2D eigenvalue weighted by atomic mass is 16.5. The third kappa shape index (κ3) is 6.26. The fourth-order valence-corrected chi connectivity index (χ4v) is 3.67. The third-order valence-electron chi connectivity index (χ3n) is 5.46. The Balaban J connectivity index is 0.000000293. The van der Waals surface area contributed by atoms with Crippen LogP contribution in [0.1, 0.15) is 18.4 Å². The van der Waals surface area contributed by atoms with Gasteiger partial charge in [0.15, 0.2) is 0 Å². The SMILES string of the molecule is Cc1ccc(-c2cnc(OC3CN4CCC3CC4)nc2)cc1N.O=C(O)/C=C/C(=O)O. The second-order valence-corrected chi connectivity index (χ2v) is 7.63. The summed E-state index contributed by atoms with van der Waals surface area (Å²) in [4.78, 5) is 30.4. The standard InChI is InChI=1S/C18H22N4O.C4H4O4/c1-12-2-3-14(8-16(12)19)15-9-20-18(21-10-15)23-17-11-22-6-4-13(17)5-7-22;5-3(6)1-2-4(7)8/h2-3,8-10,13,17H,4-7,11,19H2,1H3;1-2H,(H,5,6)(H,7,8)/b;2-1+. The number of aryl methyl sites for hydroxylation is 1. The average molecular weight is 426 g/mol. The molecular weight excluding hydrogens is 400 g/mol. The number of piperidine rings is 3. The molecule has 1 atom stereocenters. The molecule has 4 heterocycles. The Labute approximate surface area is 180 Å². The van der Waals surface area contributed by atoms with E-state index in [1.54, 1.807) is 0 Å². The summed E-state index contributed by atoms with van der Waals surface area (Å²) in [7, 11) is 0. The number of nitrogen functional groups attached to an aromatic ring is 1. The average Bonchev–Trinajstić information content (AvgIpc) is 2.76. The van der Waals surface area contributed by atoms with Crippen molar-refractivity contribution >= 4 is 17.6 Å². The van der Waals surface area contributed by atoms with Crippen LogP contribution >= 0.6 is 0 Å². The van der Waals surface area contributed by atoms with Crippen LogP contribution in [-0.4, -0.2) is 62.8 Å². The highest BCUT2D eigenvalue weighted by Crippen LogP contribution is 2.30. The maximum atomic E-state index is 9.55. The van der Waals surface area contributed by atoms with Crippen LogP contribution < -0.4 is 10.5 Å². The van der Waals surface area contributed by atoms with Crippen molar-refractivity contribution in [1.82, 2.24) is 14.9 Å². The third-order valence-corrected chi connectivity index (χ3v) is 5.46. The topological polar surface area (TPSA) is 139 Å². The summed E-state index contributed by atoms with van der Waals surface area (Å²) in [6.45, 7) is 5.42. The lowest BCUT2D eigenvalue weighted by atomic mass is 9.86. The second kappa shape index (κ2) is 10.0. The van der Waals surface area contributed by atoms with E-state index >= 15 is 0 Å². The first-order valence-electron chi connectivity index (χ1n) is 10.0. The Hall–Kier alpha value is -3.46. The van der Waals surface area contributed by atoms with Gasteiger partial charge in [-0.1, -0.05) is 12.1 Å². The van der Waals surface area contributed by atoms with Gasteiger partial charge in [0.05, 0.1) is 0 Å². The van der Waals surface area contributed by atoms with Crippen molar-refractivity contribution in [2.24, 2.45) is 5.92 Å². The molecule has 0 radical (unpaired) electrons. The Morgan fingerprint density at radius 1 is 1.10 bits per heavy atom.